The molecule has 1 aromatic rings. The van der Waals surface area contributed by atoms with Gasteiger partial charge < -0.3 is 20.3 Å². The molecule has 0 spiro atoms. The van der Waals surface area contributed by atoms with Gasteiger partial charge in [0, 0.05) is 25.0 Å². The number of hydrogen-bond donors (Lipinski definition) is 3. The lowest BCUT2D eigenvalue weighted by atomic mass is 10.1. The number of urea groups is 1. The Labute approximate surface area is 116 Å². The molecule has 1 aliphatic carbocycles. The van der Waals surface area contributed by atoms with Crippen molar-refractivity contribution in [3.05, 3.63) is 30.9 Å². The summed E-state index contributed by atoms with van der Waals surface area (Å²) in [5.41, 5.74) is 0. The van der Waals surface area contributed by atoms with Gasteiger partial charge in [0.15, 0.2) is 0 Å². The number of carboxylic acids is 1. The molecule has 0 fully saturated rings. The molecule has 2 amide bonds. The monoisotopic (exact) mass is 278 g/mol. The molecule has 1 aliphatic rings. The zero-order valence-electron chi connectivity index (χ0n) is 11.2. The number of amides is 2. The summed E-state index contributed by atoms with van der Waals surface area (Å²) in [4.78, 5) is 26.5. The van der Waals surface area contributed by atoms with Crippen LogP contribution in [0.25, 0.3) is 0 Å². The van der Waals surface area contributed by atoms with Gasteiger partial charge >= 0.3 is 12.0 Å². The Hall–Kier alpha value is -2.31. The number of nitrogens with one attached hydrogen (secondary N) is 2. The molecule has 7 nitrogen and oxygen atoms in total. The highest BCUT2D eigenvalue weighted by Crippen LogP contribution is 2.17. The van der Waals surface area contributed by atoms with Crippen molar-refractivity contribution in [1.82, 2.24) is 20.2 Å². The Morgan fingerprint density at radius 3 is 2.90 bits per heavy atom. The normalized spacial score (nSPS) is 22.4. The van der Waals surface area contributed by atoms with Crippen molar-refractivity contribution in [3.8, 4) is 0 Å². The number of carbonyl (C=O) groups excluding carboxylic acids is 1. The van der Waals surface area contributed by atoms with E-state index < -0.39 is 11.9 Å². The van der Waals surface area contributed by atoms with Crippen molar-refractivity contribution >= 4 is 12.0 Å². The van der Waals surface area contributed by atoms with Crippen LogP contribution in [0.3, 0.4) is 0 Å². The van der Waals surface area contributed by atoms with Crippen molar-refractivity contribution in [2.24, 2.45) is 5.92 Å². The largest absolute Gasteiger partial charge is 0.481 e. The van der Waals surface area contributed by atoms with Crippen LogP contribution in [-0.2, 0) is 11.3 Å². The molecule has 0 aromatic carbocycles. The highest BCUT2D eigenvalue weighted by molar-refractivity contribution is 5.76. The first-order chi connectivity index (χ1) is 9.54. The lowest BCUT2D eigenvalue weighted by Gasteiger charge is -2.17. The lowest BCUT2D eigenvalue weighted by Crippen LogP contribution is -2.45. The van der Waals surface area contributed by atoms with Crippen molar-refractivity contribution in [1.29, 1.82) is 0 Å². The molecule has 0 saturated carbocycles. The number of hydrogen-bond acceptors (Lipinski definition) is 3. The van der Waals surface area contributed by atoms with Gasteiger partial charge in [0.05, 0.1) is 18.3 Å². The molecule has 0 aliphatic heterocycles. The second-order valence-electron chi connectivity index (χ2n) is 4.95. The maximum Gasteiger partial charge on any atom is 0.315 e. The van der Waals surface area contributed by atoms with Crippen LogP contribution in [-0.4, -0.2) is 38.7 Å². The summed E-state index contributed by atoms with van der Waals surface area (Å²) < 4.78 is 1.88. The number of nitrogens with zero attached hydrogens (tertiary/aromatic N) is 2. The molecule has 3 N–H and O–H groups in total. The Balaban J connectivity index is 1.73. The maximum atomic E-state index is 11.8. The fourth-order valence-corrected chi connectivity index (χ4v) is 2.18. The van der Waals surface area contributed by atoms with Gasteiger partial charge in [0.2, 0.25) is 0 Å². The number of aromatic nitrogens is 2. The van der Waals surface area contributed by atoms with Gasteiger partial charge in [-0.05, 0) is 13.3 Å². The van der Waals surface area contributed by atoms with Crippen LogP contribution < -0.4 is 10.6 Å². The minimum absolute atomic E-state index is 0.0511. The SMILES string of the molecule is CC(Cn1ccnc1)NC(=O)NC1C=CC(C(=O)O)C1. The van der Waals surface area contributed by atoms with Crippen LogP contribution in [0.5, 0.6) is 0 Å². The van der Waals surface area contributed by atoms with E-state index in [9.17, 15) is 9.59 Å². The molecule has 0 bridgehead atoms. The van der Waals surface area contributed by atoms with Crippen LogP contribution in [0.1, 0.15) is 13.3 Å². The van der Waals surface area contributed by atoms with Crippen molar-refractivity contribution in [3.63, 3.8) is 0 Å². The van der Waals surface area contributed by atoms with E-state index in [1.807, 2.05) is 17.7 Å². The van der Waals surface area contributed by atoms with E-state index in [-0.39, 0.29) is 18.1 Å². The molecule has 0 saturated heterocycles. The van der Waals surface area contributed by atoms with Gasteiger partial charge in [-0.15, -0.1) is 0 Å². The van der Waals surface area contributed by atoms with Gasteiger partial charge in [-0.2, -0.15) is 0 Å². The fourth-order valence-electron chi connectivity index (χ4n) is 2.18. The van der Waals surface area contributed by atoms with E-state index >= 15 is 0 Å². The van der Waals surface area contributed by atoms with Crippen LogP contribution >= 0.6 is 0 Å². The molecule has 108 valence electrons. The second-order valence-corrected chi connectivity index (χ2v) is 4.95. The quantitative estimate of drug-likeness (QED) is 0.687. The smallest absolute Gasteiger partial charge is 0.315 e. The fraction of sp³-hybridized carbons (Fsp3) is 0.462. The van der Waals surface area contributed by atoms with Crippen molar-refractivity contribution in [2.75, 3.05) is 0 Å². The Morgan fingerprint density at radius 2 is 2.30 bits per heavy atom. The molecule has 3 atom stereocenters. The first-order valence-electron chi connectivity index (χ1n) is 6.48. The molecule has 7 heteroatoms. The van der Waals surface area contributed by atoms with Crippen molar-refractivity contribution in [2.45, 2.75) is 32.0 Å². The van der Waals surface area contributed by atoms with E-state index in [4.69, 9.17) is 5.11 Å². The van der Waals surface area contributed by atoms with Crippen LogP contribution in [0.4, 0.5) is 4.79 Å². The van der Waals surface area contributed by atoms with Gasteiger partial charge in [-0.3, -0.25) is 4.79 Å². The number of imidazole rings is 1. The molecule has 1 heterocycles. The van der Waals surface area contributed by atoms with E-state index in [0.29, 0.717) is 13.0 Å². The molecular weight excluding hydrogens is 260 g/mol. The van der Waals surface area contributed by atoms with E-state index in [1.54, 1.807) is 24.7 Å². The average Bonchev–Trinajstić information content (AvgIpc) is 2.99. The summed E-state index contributed by atoms with van der Waals surface area (Å²) in [7, 11) is 0. The molecule has 2 rings (SSSR count). The van der Waals surface area contributed by atoms with Crippen molar-refractivity contribution < 1.29 is 14.7 Å². The molecule has 20 heavy (non-hydrogen) atoms. The summed E-state index contributed by atoms with van der Waals surface area (Å²) in [6.07, 6.45) is 8.93. The minimum atomic E-state index is -0.862. The van der Waals surface area contributed by atoms with E-state index in [1.165, 1.54) is 0 Å². The Bertz CT molecular complexity index is 498. The third-order valence-electron chi connectivity index (χ3n) is 3.14. The summed E-state index contributed by atoms with van der Waals surface area (Å²) in [5, 5.41) is 14.4. The molecule has 3 unspecified atom stereocenters. The number of rotatable bonds is 5. The maximum absolute atomic E-state index is 11.8. The Morgan fingerprint density at radius 1 is 1.50 bits per heavy atom. The molecular formula is C13H18N4O3. The summed E-state index contributed by atoms with van der Waals surface area (Å²) in [5.74, 6) is -1.37. The minimum Gasteiger partial charge on any atom is -0.481 e. The summed E-state index contributed by atoms with van der Waals surface area (Å²) in [6, 6.07) is -0.570. The zero-order valence-corrected chi connectivity index (χ0v) is 11.2. The molecule has 1 aromatic heterocycles. The summed E-state index contributed by atoms with van der Waals surface area (Å²) in [6.45, 7) is 2.52. The highest BCUT2D eigenvalue weighted by Gasteiger charge is 2.25. The average molecular weight is 278 g/mol. The Kier molecular flexibility index (Phi) is 4.39. The topological polar surface area (TPSA) is 96.3 Å². The van der Waals surface area contributed by atoms with Crippen LogP contribution in [0.2, 0.25) is 0 Å². The third-order valence-corrected chi connectivity index (χ3v) is 3.14. The second kappa shape index (κ2) is 6.23. The van der Waals surface area contributed by atoms with Gasteiger partial charge in [0.25, 0.3) is 0 Å². The third kappa shape index (κ3) is 3.84. The highest BCUT2D eigenvalue weighted by atomic mass is 16.4. The van der Waals surface area contributed by atoms with Gasteiger partial charge in [-0.1, -0.05) is 12.2 Å². The lowest BCUT2D eigenvalue weighted by molar-refractivity contribution is -0.140. The predicted molar refractivity (Wildman–Crippen MR) is 72.0 cm³/mol. The van der Waals surface area contributed by atoms with Gasteiger partial charge in [-0.25, -0.2) is 9.78 Å². The number of aliphatic carboxylic acids is 1. The zero-order chi connectivity index (χ0) is 14.5. The van der Waals surface area contributed by atoms with E-state index in [2.05, 4.69) is 15.6 Å². The molecule has 0 radical (unpaired) electrons. The first kappa shape index (κ1) is 14.1. The standard InChI is InChI=1S/C13H18N4O3/c1-9(7-17-5-4-14-8-17)15-13(20)16-11-3-2-10(6-11)12(18)19/h2-5,8-11H,6-7H2,1H3,(H,18,19)(H2,15,16,20). The van der Waals surface area contributed by atoms with Crippen LogP contribution in [0, 0.1) is 5.92 Å². The first-order valence-corrected chi connectivity index (χ1v) is 6.48. The van der Waals surface area contributed by atoms with E-state index in [0.717, 1.165) is 0 Å². The van der Waals surface area contributed by atoms with Gasteiger partial charge in [0.1, 0.15) is 0 Å². The van der Waals surface area contributed by atoms with Crippen LogP contribution in [0.15, 0.2) is 30.9 Å². The summed E-state index contributed by atoms with van der Waals surface area (Å²) >= 11 is 0. The predicted octanol–water partition coefficient (Wildman–Crippen LogP) is 0.600. The number of carboxylic acid groups (broad SMARTS) is 1. The number of carbonyl (C=O) groups is 2.